The summed E-state index contributed by atoms with van der Waals surface area (Å²) in [6.45, 7) is 0.169. The molecule has 2 aromatic heterocycles. The van der Waals surface area contributed by atoms with Crippen molar-refractivity contribution in [2.75, 3.05) is 6.79 Å². The van der Waals surface area contributed by atoms with Gasteiger partial charge in [-0.05, 0) is 23.8 Å². The van der Waals surface area contributed by atoms with Gasteiger partial charge >= 0.3 is 0 Å². The second-order valence-corrected chi connectivity index (χ2v) is 6.46. The second kappa shape index (κ2) is 5.14. The lowest BCUT2D eigenvalue weighted by Crippen LogP contribution is -2.02. The number of rotatable bonds is 3. The molecule has 26 heavy (non-hydrogen) atoms. The van der Waals surface area contributed by atoms with Gasteiger partial charge in [-0.25, -0.2) is 8.78 Å². The molecule has 1 aliphatic heterocycles. The van der Waals surface area contributed by atoms with Gasteiger partial charge in [0.05, 0.1) is 0 Å². The van der Waals surface area contributed by atoms with E-state index in [-0.39, 0.29) is 19.6 Å². The van der Waals surface area contributed by atoms with E-state index in [2.05, 4.69) is 16.3 Å². The van der Waals surface area contributed by atoms with Gasteiger partial charge in [0.1, 0.15) is 17.5 Å². The van der Waals surface area contributed by atoms with Crippen LogP contribution in [0.25, 0.3) is 16.8 Å². The highest BCUT2D eigenvalue weighted by atomic mass is 19.3. The van der Waals surface area contributed by atoms with E-state index >= 15 is 0 Å². The van der Waals surface area contributed by atoms with Crippen molar-refractivity contribution in [3.63, 3.8) is 0 Å². The summed E-state index contributed by atoms with van der Waals surface area (Å²) < 4.78 is 38.7. The molecule has 0 spiro atoms. The summed E-state index contributed by atoms with van der Waals surface area (Å²) in [5.41, 5.74) is 2.16. The quantitative estimate of drug-likeness (QED) is 0.722. The Bertz CT molecular complexity index is 1090. The molecule has 1 unspecified atom stereocenters. The van der Waals surface area contributed by atoms with E-state index in [4.69, 9.17) is 9.47 Å². The highest BCUT2D eigenvalue weighted by molar-refractivity contribution is 5.78. The molecule has 0 saturated heterocycles. The van der Waals surface area contributed by atoms with Crippen LogP contribution < -0.4 is 9.47 Å². The third kappa shape index (κ3) is 2.20. The number of nitrogens with zero attached hydrogens (tertiary/aromatic N) is 4. The molecule has 0 radical (unpaired) electrons. The van der Waals surface area contributed by atoms with E-state index in [9.17, 15) is 14.0 Å². The third-order valence-corrected chi connectivity index (χ3v) is 4.83. The molecule has 5 rings (SSSR count). The van der Waals surface area contributed by atoms with Crippen molar-refractivity contribution in [1.82, 2.24) is 14.6 Å². The number of nitriles is 1. The standard InChI is InChI=1S/C18H12F2N4O2/c19-18(20)7-11(18)6-16-22-23-17-13(8-21)12(3-4-24(16)17)10-1-2-14-15(5-10)26-9-25-14/h1-5,11H,6-7,9H2. The van der Waals surface area contributed by atoms with Crippen LogP contribution in [0.15, 0.2) is 30.5 Å². The monoisotopic (exact) mass is 354 g/mol. The summed E-state index contributed by atoms with van der Waals surface area (Å²) in [5.74, 6) is -1.60. The normalized spacial score (nSPS) is 19.5. The van der Waals surface area contributed by atoms with E-state index in [1.807, 2.05) is 6.07 Å². The molecule has 6 nitrogen and oxygen atoms in total. The molecule has 1 fully saturated rings. The number of hydrogen-bond donors (Lipinski definition) is 0. The van der Waals surface area contributed by atoms with Gasteiger partial charge in [-0.15, -0.1) is 10.2 Å². The van der Waals surface area contributed by atoms with Gasteiger partial charge in [-0.3, -0.25) is 4.40 Å². The molecule has 3 heterocycles. The zero-order valence-electron chi connectivity index (χ0n) is 13.4. The maximum atomic E-state index is 13.2. The van der Waals surface area contributed by atoms with Crippen molar-refractivity contribution in [2.45, 2.75) is 18.8 Å². The molecule has 0 amide bonds. The number of ether oxygens (including phenoxy) is 2. The molecule has 1 aromatic carbocycles. The minimum absolute atomic E-state index is 0.123. The fourth-order valence-electron chi connectivity index (χ4n) is 3.27. The van der Waals surface area contributed by atoms with Gasteiger partial charge in [0.15, 0.2) is 17.1 Å². The Morgan fingerprint density at radius 1 is 1.23 bits per heavy atom. The van der Waals surface area contributed by atoms with Crippen molar-refractivity contribution >= 4 is 5.65 Å². The number of hydrogen-bond acceptors (Lipinski definition) is 5. The molecular weight excluding hydrogens is 342 g/mol. The van der Waals surface area contributed by atoms with Crippen LogP contribution in [0.5, 0.6) is 11.5 Å². The van der Waals surface area contributed by atoms with Crippen LogP contribution in [0.3, 0.4) is 0 Å². The van der Waals surface area contributed by atoms with Crippen LogP contribution in [0.1, 0.15) is 17.8 Å². The number of benzene rings is 1. The predicted octanol–water partition coefficient (Wildman–Crippen LogP) is 3.19. The van der Waals surface area contributed by atoms with Crippen molar-refractivity contribution in [2.24, 2.45) is 5.92 Å². The smallest absolute Gasteiger partial charge is 0.252 e. The van der Waals surface area contributed by atoms with Crippen LogP contribution in [-0.4, -0.2) is 27.3 Å². The average Bonchev–Trinajstić information content (AvgIpc) is 3.00. The van der Waals surface area contributed by atoms with E-state index < -0.39 is 11.8 Å². The number of fused-ring (bicyclic) bond motifs is 2. The Hall–Kier alpha value is -3.21. The predicted molar refractivity (Wildman–Crippen MR) is 86.0 cm³/mol. The molecule has 3 aromatic rings. The molecular formula is C18H12F2N4O2. The van der Waals surface area contributed by atoms with Gasteiger partial charge in [0.25, 0.3) is 5.92 Å². The van der Waals surface area contributed by atoms with Gasteiger partial charge < -0.3 is 9.47 Å². The van der Waals surface area contributed by atoms with Crippen molar-refractivity contribution < 1.29 is 18.3 Å². The fraction of sp³-hybridized carbons (Fsp3) is 0.278. The highest BCUT2D eigenvalue weighted by Gasteiger charge is 2.56. The maximum Gasteiger partial charge on any atom is 0.252 e. The minimum atomic E-state index is -2.61. The summed E-state index contributed by atoms with van der Waals surface area (Å²) in [7, 11) is 0. The largest absolute Gasteiger partial charge is 0.454 e. The topological polar surface area (TPSA) is 72.4 Å². The lowest BCUT2D eigenvalue weighted by atomic mass is 10.0. The van der Waals surface area contributed by atoms with Gasteiger partial charge in [0.2, 0.25) is 6.79 Å². The molecule has 8 heteroatoms. The second-order valence-electron chi connectivity index (χ2n) is 6.46. The van der Waals surface area contributed by atoms with Crippen LogP contribution >= 0.6 is 0 Å². The molecule has 0 bridgehead atoms. The maximum absolute atomic E-state index is 13.2. The summed E-state index contributed by atoms with van der Waals surface area (Å²) >= 11 is 0. The zero-order valence-corrected chi connectivity index (χ0v) is 13.4. The first-order valence-corrected chi connectivity index (χ1v) is 8.11. The first-order valence-electron chi connectivity index (χ1n) is 8.11. The number of halogens is 2. The third-order valence-electron chi connectivity index (χ3n) is 4.83. The fourth-order valence-corrected chi connectivity index (χ4v) is 3.27. The van der Waals surface area contributed by atoms with Crippen molar-refractivity contribution in [3.8, 4) is 28.7 Å². The minimum Gasteiger partial charge on any atom is -0.454 e. The lowest BCUT2D eigenvalue weighted by molar-refractivity contribution is 0.0984. The van der Waals surface area contributed by atoms with E-state index in [0.717, 1.165) is 5.56 Å². The Morgan fingerprint density at radius 3 is 2.81 bits per heavy atom. The summed E-state index contributed by atoms with van der Waals surface area (Å²) in [6.07, 6.45) is 1.73. The molecule has 1 aliphatic carbocycles. The molecule has 2 aliphatic rings. The van der Waals surface area contributed by atoms with E-state index in [0.29, 0.717) is 34.1 Å². The number of aromatic nitrogens is 3. The van der Waals surface area contributed by atoms with Crippen molar-refractivity contribution in [3.05, 3.63) is 41.9 Å². The van der Waals surface area contributed by atoms with Crippen LogP contribution in [0.2, 0.25) is 0 Å². The summed E-state index contributed by atoms with van der Waals surface area (Å²) in [6, 6.07) is 9.35. The van der Waals surface area contributed by atoms with Gasteiger partial charge in [-0.2, -0.15) is 5.26 Å². The Kier molecular flexibility index (Phi) is 2.98. The van der Waals surface area contributed by atoms with Crippen LogP contribution in [-0.2, 0) is 6.42 Å². The zero-order chi connectivity index (χ0) is 17.9. The lowest BCUT2D eigenvalue weighted by Gasteiger charge is -2.07. The Labute approximate surface area is 146 Å². The molecule has 130 valence electrons. The molecule has 0 N–H and O–H groups in total. The Balaban J connectivity index is 1.58. The molecule has 1 saturated carbocycles. The first-order chi connectivity index (χ1) is 12.6. The molecule has 1 atom stereocenters. The van der Waals surface area contributed by atoms with Crippen molar-refractivity contribution in [1.29, 1.82) is 5.26 Å². The van der Waals surface area contributed by atoms with Gasteiger partial charge in [0, 0.05) is 30.5 Å². The first kappa shape index (κ1) is 15.1. The van der Waals surface area contributed by atoms with E-state index in [1.165, 1.54) is 0 Å². The summed E-state index contributed by atoms with van der Waals surface area (Å²) in [5, 5.41) is 17.7. The summed E-state index contributed by atoms with van der Waals surface area (Å²) in [4.78, 5) is 0. The Morgan fingerprint density at radius 2 is 2.04 bits per heavy atom. The van der Waals surface area contributed by atoms with Crippen LogP contribution in [0, 0.1) is 17.2 Å². The van der Waals surface area contributed by atoms with Gasteiger partial charge in [-0.1, -0.05) is 6.07 Å². The SMILES string of the molecule is N#Cc1c(-c2ccc3c(c2)OCO3)ccn2c(CC3CC3(F)F)nnc12. The highest BCUT2D eigenvalue weighted by Crippen LogP contribution is 2.50. The van der Waals surface area contributed by atoms with E-state index in [1.54, 1.807) is 28.8 Å². The number of pyridine rings is 1. The number of alkyl halides is 2. The average molecular weight is 354 g/mol. The van der Waals surface area contributed by atoms with Crippen LogP contribution in [0.4, 0.5) is 8.78 Å².